The second kappa shape index (κ2) is 8.92. The average molecular weight is 388 g/mol. The largest absolute Gasteiger partial charge is 0.378 e. The van der Waals surface area contributed by atoms with Crippen LogP contribution < -0.4 is 16.8 Å². The van der Waals surface area contributed by atoms with Gasteiger partial charge in [-0.3, -0.25) is 10.1 Å². The molecule has 1 aromatic heterocycles. The van der Waals surface area contributed by atoms with E-state index in [1.165, 1.54) is 12.1 Å². The fraction of sp³-hybridized carbons (Fsp3) is 0.474. The molecule has 0 unspecified atom stereocenters. The smallest absolute Gasteiger partial charge is 0.332 e. The van der Waals surface area contributed by atoms with Gasteiger partial charge in [0.1, 0.15) is 11.5 Å². The number of hydrogen-bond acceptors (Lipinski definition) is 7. The lowest BCUT2D eigenvalue weighted by Crippen LogP contribution is -2.27. The van der Waals surface area contributed by atoms with Crippen molar-refractivity contribution in [3.8, 4) is 0 Å². The Morgan fingerprint density at radius 2 is 2.00 bits per heavy atom. The predicted molar refractivity (Wildman–Crippen MR) is 105 cm³/mol. The van der Waals surface area contributed by atoms with E-state index in [0.29, 0.717) is 31.0 Å². The van der Waals surface area contributed by atoms with Gasteiger partial charge in [0.15, 0.2) is 0 Å². The number of nitrogens with two attached hydrogens (primary N) is 2. The highest BCUT2D eigenvalue weighted by Gasteiger charge is 2.27. The van der Waals surface area contributed by atoms with Crippen molar-refractivity contribution in [1.82, 2.24) is 9.97 Å². The summed E-state index contributed by atoms with van der Waals surface area (Å²) in [6, 6.07) is 6.54. The van der Waals surface area contributed by atoms with Gasteiger partial charge in [-0.1, -0.05) is 12.1 Å². The number of rotatable bonds is 7. The molecule has 0 radical (unpaired) electrons. The van der Waals surface area contributed by atoms with Crippen molar-refractivity contribution in [3.05, 3.63) is 51.5 Å². The summed E-state index contributed by atoms with van der Waals surface area (Å²) in [5.74, 6) is 0.119. The van der Waals surface area contributed by atoms with E-state index >= 15 is 0 Å². The first kappa shape index (κ1) is 19.9. The molecular formula is C19H25FN6O2. The molecule has 150 valence electrons. The normalized spacial score (nSPS) is 19.4. The Morgan fingerprint density at radius 3 is 2.68 bits per heavy atom. The van der Waals surface area contributed by atoms with Gasteiger partial charge >= 0.3 is 5.69 Å². The van der Waals surface area contributed by atoms with Crippen LogP contribution in [0.25, 0.3) is 0 Å². The molecule has 0 saturated heterocycles. The lowest BCUT2D eigenvalue weighted by Gasteiger charge is -2.25. The molecule has 0 aliphatic heterocycles. The van der Waals surface area contributed by atoms with Crippen LogP contribution in [0.15, 0.2) is 24.3 Å². The maximum atomic E-state index is 13.3. The molecule has 1 aromatic carbocycles. The van der Waals surface area contributed by atoms with Crippen LogP contribution in [0.2, 0.25) is 0 Å². The van der Waals surface area contributed by atoms with Gasteiger partial charge < -0.3 is 16.8 Å². The third-order valence-electron chi connectivity index (χ3n) is 5.13. The summed E-state index contributed by atoms with van der Waals surface area (Å²) in [5, 5.41) is 14.5. The van der Waals surface area contributed by atoms with E-state index in [0.717, 1.165) is 31.2 Å². The summed E-state index contributed by atoms with van der Waals surface area (Å²) in [5.41, 5.74) is 12.8. The van der Waals surface area contributed by atoms with Crippen LogP contribution in [0.1, 0.15) is 36.9 Å². The molecule has 1 saturated carbocycles. The van der Waals surface area contributed by atoms with Crippen molar-refractivity contribution in [2.45, 2.75) is 44.6 Å². The topological polar surface area (TPSA) is 133 Å². The summed E-state index contributed by atoms with van der Waals surface area (Å²) in [4.78, 5) is 19.3. The minimum atomic E-state index is -0.518. The summed E-state index contributed by atoms with van der Waals surface area (Å²) in [6.07, 6.45) is 4.72. The van der Waals surface area contributed by atoms with Gasteiger partial charge in [-0.2, -0.15) is 4.98 Å². The Labute approximate surface area is 162 Å². The standard InChI is InChI=1S/C19H25FN6O2/c20-14-3-1-2-12(10-14)8-9-23-19-24-16(17(26(27)28)18(22)25-19)11-13-4-6-15(21)7-5-13/h1-3,10,13,15H,4-9,11,21H2,(H3,22,23,24,25). The Balaban J connectivity index is 1.71. The van der Waals surface area contributed by atoms with E-state index in [-0.39, 0.29) is 29.3 Å². The first-order valence-corrected chi connectivity index (χ1v) is 9.47. The Bertz CT molecular complexity index is 839. The lowest BCUT2D eigenvalue weighted by atomic mass is 9.83. The molecule has 1 fully saturated rings. The van der Waals surface area contributed by atoms with Crippen molar-refractivity contribution < 1.29 is 9.31 Å². The second-order valence-electron chi connectivity index (χ2n) is 7.28. The number of nitrogen functional groups attached to an aromatic ring is 1. The van der Waals surface area contributed by atoms with Crippen molar-refractivity contribution >= 4 is 17.5 Å². The zero-order chi connectivity index (χ0) is 20.1. The third-order valence-corrected chi connectivity index (χ3v) is 5.13. The highest BCUT2D eigenvalue weighted by Crippen LogP contribution is 2.31. The van der Waals surface area contributed by atoms with Crippen LogP contribution >= 0.6 is 0 Å². The van der Waals surface area contributed by atoms with E-state index in [4.69, 9.17) is 11.5 Å². The molecule has 1 heterocycles. The number of anilines is 2. The van der Waals surface area contributed by atoms with Crippen molar-refractivity contribution in [2.24, 2.45) is 11.7 Å². The summed E-state index contributed by atoms with van der Waals surface area (Å²) < 4.78 is 13.3. The third kappa shape index (κ3) is 5.13. The van der Waals surface area contributed by atoms with E-state index in [1.807, 2.05) is 6.07 Å². The first-order valence-electron chi connectivity index (χ1n) is 9.47. The van der Waals surface area contributed by atoms with Crippen LogP contribution in [-0.2, 0) is 12.8 Å². The first-order chi connectivity index (χ1) is 13.4. The number of halogens is 1. The van der Waals surface area contributed by atoms with Gasteiger partial charge in [0.25, 0.3) is 0 Å². The molecule has 8 nitrogen and oxygen atoms in total. The molecule has 5 N–H and O–H groups in total. The van der Waals surface area contributed by atoms with Crippen LogP contribution in [0.3, 0.4) is 0 Å². The number of nitro groups is 1. The van der Waals surface area contributed by atoms with Gasteiger partial charge in [-0.05, 0) is 62.1 Å². The number of aromatic nitrogens is 2. The van der Waals surface area contributed by atoms with Gasteiger partial charge in [0.05, 0.1) is 4.92 Å². The Morgan fingerprint density at radius 1 is 1.25 bits per heavy atom. The molecule has 0 bridgehead atoms. The molecular weight excluding hydrogens is 363 g/mol. The van der Waals surface area contributed by atoms with E-state index < -0.39 is 4.92 Å². The Kier molecular flexibility index (Phi) is 6.35. The SMILES string of the molecule is Nc1nc(NCCc2cccc(F)c2)nc(CC2CCC(N)CC2)c1[N+](=O)[O-]. The maximum Gasteiger partial charge on any atom is 0.332 e. The minimum absolute atomic E-state index is 0.143. The van der Waals surface area contributed by atoms with Crippen molar-refractivity contribution in [1.29, 1.82) is 0 Å². The molecule has 1 aliphatic rings. The monoisotopic (exact) mass is 388 g/mol. The highest BCUT2D eigenvalue weighted by molar-refractivity contribution is 5.58. The number of nitrogens with one attached hydrogen (secondary N) is 1. The van der Waals surface area contributed by atoms with Gasteiger partial charge in [-0.15, -0.1) is 0 Å². The van der Waals surface area contributed by atoms with Crippen LogP contribution in [0, 0.1) is 21.8 Å². The van der Waals surface area contributed by atoms with Crippen molar-refractivity contribution in [2.75, 3.05) is 17.6 Å². The molecule has 2 aromatic rings. The molecule has 0 atom stereocenters. The molecule has 9 heteroatoms. The zero-order valence-corrected chi connectivity index (χ0v) is 15.6. The van der Waals surface area contributed by atoms with Gasteiger partial charge in [0.2, 0.25) is 11.8 Å². The summed E-state index contributed by atoms with van der Waals surface area (Å²) in [7, 11) is 0. The molecule has 1 aliphatic carbocycles. The number of hydrogen-bond donors (Lipinski definition) is 3. The second-order valence-corrected chi connectivity index (χ2v) is 7.28. The number of benzene rings is 1. The van der Waals surface area contributed by atoms with E-state index in [2.05, 4.69) is 15.3 Å². The lowest BCUT2D eigenvalue weighted by molar-refractivity contribution is -0.385. The number of nitrogens with zero attached hydrogens (tertiary/aromatic N) is 3. The molecule has 0 amide bonds. The summed E-state index contributed by atoms with van der Waals surface area (Å²) in [6.45, 7) is 0.457. The fourth-order valence-electron chi connectivity index (χ4n) is 3.62. The molecule has 0 spiro atoms. The van der Waals surface area contributed by atoms with E-state index in [9.17, 15) is 14.5 Å². The minimum Gasteiger partial charge on any atom is -0.378 e. The summed E-state index contributed by atoms with van der Waals surface area (Å²) >= 11 is 0. The zero-order valence-electron chi connectivity index (χ0n) is 15.6. The quantitative estimate of drug-likeness (QED) is 0.490. The Hall–Kier alpha value is -2.81. The highest BCUT2D eigenvalue weighted by atomic mass is 19.1. The fourth-order valence-corrected chi connectivity index (χ4v) is 3.62. The maximum absolute atomic E-state index is 13.3. The van der Waals surface area contributed by atoms with Crippen LogP contribution in [0.5, 0.6) is 0 Å². The van der Waals surface area contributed by atoms with Crippen molar-refractivity contribution in [3.63, 3.8) is 0 Å². The van der Waals surface area contributed by atoms with Gasteiger partial charge in [-0.25, -0.2) is 9.37 Å². The average Bonchev–Trinajstić information content (AvgIpc) is 2.63. The molecule has 3 rings (SSSR count). The van der Waals surface area contributed by atoms with Crippen LogP contribution in [0.4, 0.5) is 21.8 Å². The van der Waals surface area contributed by atoms with Crippen LogP contribution in [-0.4, -0.2) is 27.5 Å². The van der Waals surface area contributed by atoms with E-state index in [1.54, 1.807) is 6.07 Å². The van der Waals surface area contributed by atoms with Gasteiger partial charge in [0, 0.05) is 12.6 Å². The predicted octanol–water partition coefficient (Wildman–Crippen LogP) is 2.82. The molecule has 28 heavy (non-hydrogen) atoms.